The van der Waals surface area contributed by atoms with E-state index in [1.165, 1.54) is 0 Å². The maximum atomic E-state index is 6.07. The van der Waals surface area contributed by atoms with Gasteiger partial charge in [-0.15, -0.1) is 0 Å². The van der Waals surface area contributed by atoms with Crippen LogP contribution in [0.3, 0.4) is 0 Å². The molecule has 0 aliphatic rings. The van der Waals surface area contributed by atoms with Gasteiger partial charge < -0.3 is 9.47 Å². The van der Waals surface area contributed by atoms with Crippen molar-refractivity contribution in [1.29, 1.82) is 0 Å². The van der Waals surface area contributed by atoms with E-state index in [1.807, 2.05) is 19.1 Å². The highest BCUT2D eigenvalue weighted by molar-refractivity contribution is 6.32. The quantitative estimate of drug-likeness (QED) is 0.712. The molecule has 0 amide bonds. The van der Waals surface area contributed by atoms with Crippen LogP contribution in [-0.4, -0.2) is 19.9 Å². The molecular formula is C16H15Cl2NO2. The number of nitrogens with zero attached hydrogens (tertiary/aromatic N) is 1. The van der Waals surface area contributed by atoms with Gasteiger partial charge in [0.05, 0.1) is 24.4 Å². The third-order valence-electron chi connectivity index (χ3n) is 2.76. The standard InChI is InChI=1S/C16H15Cl2NO2/c1-3-21-15-6-4-12(17)8-11(15)10-19-13-5-7-16(20-2)14(18)9-13/h4-10H,3H2,1-2H3. The Labute approximate surface area is 134 Å². The van der Waals surface area contributed by atoms with Crippen LogP contribution in [0, 0.1) is 0 Å². The van der Waals surface area contributed by atoms with Gasteiger partial charge in [-0.1, -0.05) is 23.2 Å². The Kier molecular flexibility index (Phi) is 5.48. The maximum absolute atomic E-state index is 6.07. The van der Waals surface area contributed by atoms with E-state index in [2.05, 4.69) is 4.99 Å². The number of benzene rings is 2. The van der Waals surface area contributed by atoms with Crippen LogP contribution in [-0.2, 0) is 0 Å². The minimum Gasteiger partial charge on any atom is -0.495 e. The van der Waals surface area contributed by atoms with Crippen LogP contribution in [0.4, 0.5) is 5.69 Å². The molecule has 0 N–H and O–H groups in total. The fourth-order valence-corrected chi connectivity index (χ4v) is 2.22. The number of hydrogen-bond acceptors (Lipinski definition) is 3. The lowest BCUT2D eigenvalue weighted by atomic mass is 10.2. The zero-order valence-electron chi connectivity index (χ0n) is 11.8. The Bertz CT molecular complexity index is 657. The van der Waals surface area contributed by atoms with Gasteiger partial charge in [0.2, 0.25) is 0 Å². The zero-order valence-corrected chi connectivity index (χ0v) is 13.3. The Balaban J connectivity index is 2.28. The van der Waals surface area contributed by atoms with E-state index in [9.17, 15) is 0 Å². The highest BCUT2D eigenvalue weighted by Gasteiger charge is 2.03. The second-order valence-electron chi connectivity index (χ2n) is 4.19. The topological polar surface area (TPSA) is 30.8 Å². The Morgan fingerprint density at radius 2 is 1.86 bits per heavy atom. The largest absolute Gasteiger partial charge is 0.495 e. The Morgan fingerprint density at radius 3 is 2.52 bits per heavy atom. The van der Waals surface area contributed by atoms with Crippen molar-refractivity contribution in [3.8, 4) is 11.5 Å². The lowest BCUT2D eigenvalue weighted by Gasteiger charge is -2.07. The molecule has 5 heteroatoms. The van der Waals surface area contributed by atoms with Crippen LogP contribution < -0.4 is 9.47 Å². The zero-order chi connectivity index (χ0) is 15.2. The summed E-state index contributed by atoms with van der Waals surface area (Å²) in [6.45, 7) is 2.51. The van der Waals surface area contributed by atoms with E-state index in [0.29, 0.717) is 22.4 Å². The summed E-state index contributed by atoms with van der Waals surface area (Å²) in [6, 6.07) is 10.8. The summed E-state index contributed by atoms with van der Waals surface area (Å²) in [5, 5.41) is 1.15. The first-order chi connectivity index (χ1) is 10.1. The van der Waals surface area contributed by atoms with Crippen molar-refractivity contribution >= 4 is 35.1 Å². The van der Waals surface area contributed by atoms with E-state index in [-0.39, 0.29) is 0 Å². The molecule has 21 heavy (non-hydrogen) atoms. The third kappa shape index (κ3) is 4.13. The second kappa shape index (κ2) is 7.34. The molecule has 110 valence electrons. The average Bonchev–Trinajstić information content (AvgIpc) is 2.48. The lowest BCUT2D eigenvalue weighted by molar-refractivity contribution is 0.340. The molecule has 0 radical (unpaired) electrons. The van der Waals surface area contributed by atoms with Crippen molar-refractivity contribution in [2.24, 2.45) is 4.99 Å². The van der Waals surface area contributed by atoms with Crippen LogP contribution in [0.15, 0.2) is 41.4 Å². The normalized spacial score (nSPS) is 10.9. The molecular weight excluding hydrogens is 309 g/mol. The lowest BCUT2D eigenvalue weighted by Crippen LogP contribution is -1.95. The predicted octanol–water partition coefficient (Wildman–Crippen LogP) is 5.15. The number of hydrogen-bond donors (Lipinski definition) is 0. The number of rotatable bonds is 5. The Morgan fingerprint density at radius 1 is 1.10 bits per heavy atom. The van der Waals surface area contributed by atoms with Crippen LogP contribution in [0.5, 0.6) is 11.5 Å². The highest BCUT2D eigenvalue weighted by atomic mass is 35.5. The van der Waals surface area contributed by atoms with Crippen LogP contribution in [0.2, 0.25) is 10.0 Å². The maximum Gasteiger partial charge on any atom is 0.137 e. The highest BCUT2D eigenvalue weighted by Crippen LogP contribution is 2.29. The van der Waals surface area contributed by atoms with E-state index >= 15 is 0 Å². The molecule has 0 saturated carbocycles. The van der Waals surface area contributed by atoms with Gasteiger partial charge >= 0.3 is 0 Å². The minimum atomic E-state index is 0.517. The van der Waals surface area contributed by atoms with Crippen LogP contribution in [0.1, 0.15) is 12.5 Å². The smallest absolute Gasteiger partial charge is 0.137 e. The van der Waals surface area contributed by atoms with Crippen molar-refractivity contribution in [1.82, 2.24) is 0 Å². The van der Waals surface area contributed by atoms with E-state index < -0.39 is 0 Å². The first kappa shape index (κ1) is 15.7. The predicted molar refractivity (Wildman–Crippen MR) is 87.9 cm³/mol. The van der Waals surface area contributed by atoms with Crippen molar-refractivity contribution in [2.75, 3.05) is 13.7 Å². The van der Waals surface area contributed by atoms with Crippen LogP contribution in [0.25, 0.3) is 0 Å². The molecule has 0 unspecified atom stereocenters. The van der Waals surface area contributed by atoms with Gasteiger partial charge in [0.15, 0.2) is 0 Å². The molecule has 0 aromatic heterocycles. The summed E-state index contributed by atoms with van der Waals surface area (Å²) < 4.78 is 10.7. The van der Waals surface area contributed by atoms with E-state index in [4.69, 9.17) is 32.7 Å². The summed E-state index contributed by atoms with van der Waals surface area (Å²) >= 11 is 12.1. The molecule has 0 aliphatic carbocycles. The molecule has 0 fully saturated rings. The summed E-state index contributed by atoms with van der Waals surface area (Å²) in [7, 11) is 1.57. The van der Waals surface area contributed by atoms with Gasteiger partial charge in [-0.3, -0.25) is 4.99 Å². The molecule has 0 bridgehead atoms. The minimum absolute atomic E-state index is 0.517. The summed E-state index contributed by atoms with van der Waals surface area (Å²) in [4.78, 5) is 4.39. The molecule has 0 atom stereocenters. The number of methoxy groups -OCH3 is 1. The number of halogens is 2. The molecule has 0 saturated heterocycles. The van der Waals surface area contributed by atoms with Crippen molar-refractivity contribution in [3.63, 3.8) is 0 Å². The second-order valence-corrected chi connectivity index (χ2v) is 5.04. The fourth-order valence-electron chi connectivity index (χ4n) is 1.79. The summed E-state index contributed by atoms with van der Waals surface area (Å²) in [5.41, 5.74) is 1.54. The van der Waals surface area contributed by atoms with E-state index in [1.54, 1.807) is 37.6 Å². The van der Waals surface area contributed by atoms with Gasteiger partial charge in [-0.25, -0.2) is 0 Å². The fraction of sp³-hybridized carbons (Fsp3) is 0.188. The first-order valence-electron chi connectivity index (χ1n) is 6.44. The number of ether oxygens (including phenoxy) is 2. The molecule has 2 aromatic carbocycles. The number of aliphatic imine (C=N–C) groups is 1. The first-order valence-corrected chi connectivity index (χ1v) is 7.19. The van der Waals surface area contributed by atoms with Crippen LogP contribution >= 0.6 is 23.2 Å². The molecule has 0 aliphatic heterocycles. The third-order valence-corrected chi connectivity index (χ3v) is 3.29. The molecule has 0 heterocycles. The molecule has 0 spiro atoms. The van der Waals surface area contributed by atoms with Gasteiger partial charge in [-0.05, 0) is 43.3 Å². The Hall–Kier alpha value is -1.71. The SMILES string of the molecule is CCOc1ccc(Cl)cc1C=Nc1ccc(OC)c(Cl)c1. The van der Waals surface area contributed by atoms with Gasteiger partial charge in [0.1, 0.15) is 11.5 Å². The summed E-state index contributed by atoms with van der Waals surface area (Å²) in [5.74, 6) is 1.36. The van der Waals surface area contributed by atoms with Crippen molar-refractivity contribution < 1.29 is 9.47 Å². The van der Waals surface area contributed by atoms with Crippen molar-refractivity contribution in [3.05, 3.63) is 52.0 Å². The van der Waals surface area contributed by atoms with Crippen molar-refractivity contribution in [2.45, 2.75) is 6.92 Å². The van der Waals surface area contributed by atoms with Gasteiger partial charge in [0.25, 0.3) is 0 Å². The molecule has 2 rings (SSSR count). The molecule has 2 aromatic rings. The van der Waals surface area contributed by atoms with Gasteiger partial charge in [-0.2, -0.15) is 0 Å². The molecule has 3 nitrogen and oxygen atoms in total. The monoisotopic (exact) mass is 323 g/mol. The van der Waals surface area contributed by atoms with E-state index in [0.717, 1.165) is 17.0 Å². The average molecular weight is 324 g/mol. The van der Waals surface area contributed by atoms with Gasteiger partial charge in [0, 0.05) is 16.8 Å². The summed E-state index contributed by atoms with van der Waals surface area (Å²) in [6.07, 6.45) is 1.70.